The fourth-order valence-corrected chi connectivity index (χ4v) is 2.14. The van der Waals surface area contributed by atoms with Crippen LogP contribution in [-0.4, -0.2) is 0 Å². The maximum atomic E-state index is 5.26. The van der Waals surface area contributed by atoms with Crippen molar-refractivity contribution in [2.24, 2.45) is 0 Å². The summed E-state index contributed by atoms with van der Waals surface area (Å²) in [6, 6.07) is 18.2. The van der Waals surface area contributed by atoms with E-state index in [1.807, 2.05) is 42.5 Å². The first-order chi connectivity index (χ1) is 10.4. The highest BCUT2D eigenvalue weighted by atomic mass is 16.8. The van der Waals surface area contributed by atoms with Crippen molar-refractivity contribution in [1.82, 2.24) is 0 Å². The van der Waals surface area contributed by atoms with E-state index < -0.39 is 0 Å². The third kappa shape index (κ3) is 5.88. The van der Waals surface area contributed by atoms with E-state index in [9.17, 15) is 0 Å². The van der Waals surface area contributed by atoms with Gasteiger partial charge in [0.2, 0.25) is 0 Å². The number of para-hydroxylation sites is 1. The molecule has 0 saturated heterocycles. The van der Waals surface area contributed by atoms with Crippen molar-refractivity contribution >= 4 is 11.4 Å². The zero-order chi connectivity index (χ0) is 14.8. The molecule has 2 aromatic carbocycles. The number of anilines is 2. The van der Waals surface area contributed by atoms with Gasteiger partial charge in [0, 0.05) is 0 Å². The van der Waals surface area contributed by atoms with Crippen molar-refractivity contribution in [2.75, 3.05) is 11.0 Å². The fourth-order valence-electron chi connectivity index (χ4n) is 2.14. The molecule has 0 aliphatic rings. The minimum absolute atomic E-state index is 0.914. The van der Waals surface area contributed by atoms with Crippen LogP contribution in [0.25, 0.3) is 0 Å². The average Bonchev–Trinajstić information content (AvgIpc) is 2.54. The number of hydrogen-bond acceptors (Lipinski definition) is 3. The lowest BCUT2D eigenvalue weighted by molar-refractivity contribution is 0.264. The molecule has 0 spiro atoms. The van der Waals surface area contributed by atoms with Crippen LogP contribution in [0.4, 0.5) is 11.4 Å². The zero-order valence-electron chi connectivity index (χ0n) is 12.6. The van der Waals surface area contributed by atoms with Gasteiger partial charge in [0.1, 0.15) is 0 Å². The highest BCUT2D eigenvalue weighted by Crippen LogP contribution is 2.13. The van der Waals surface area contributed by atoms with Crippen LogP contribution in [0.2, 0.25) is 0 Å². The number of benzene rings is 2. The number of rotatable bonds is 9. The smallest absolute Gasteiger partial charge is 0.0629 e. The van der Waals surface area contributed by atoms with Gasteiger partial charge in [-0.25, -0.2) is 11.0 Å². The lowest BCUT2D eigenvalue weighted by Crippen LogP contribution is -2.07. The van der Waals surface area contributed by atoms with Crippen molar-refractivity contribution in [2.45, 2.75) is 39.0 Å². The van der Waals surface area contributed by atoms with Gasteiger partial charge in [-0.15, -0.1) is 0 Å². The quantitative estimate of drug-likeness (QED) is 0.491. The van der Waals surface area contributed by atoms with Crippen molar-refractivity contribution in [3.63, 3.8) is 0 Å². The van der Waals surface area contributed by atoms with Gasteiger partial charge < -0.3 is 0 Å². The van der Waals surface area contributed by atoms with Gasteiger partial charge in [-0.1, -0.05) is 56.5 Å². The molecule has 3 heteroatoms. The lowest BCUT2D eigenvalue weighted by Gasteiger charge is -2.09. The van der Waals surface area contributed by atoms with Gasteiger partial charge >= 0.3 is 0 Å². The molecule has 3 nitrogen and oxygen atoms in total. The molecule has 21 heavy (non-hydrogen) atoms. The topological polar surface area (TPSA) is 33.3 Å². The Morgan fingerprint density at radius 1 is 0.762 bits per heavy atom. The largest absolute Gasteiger partial charge is 0.242 e. The van der Waals surface area contributed by atoms with Crippen LogP contribution in [0, 0.1) is 0 Å². The van der Waals surface area contributed by atoms with Crippen molar-refractivity contribution in [3.8, 4) is 0 Å². The lowest BCUT2D eigenvalue weighted by atomic mass is 10.1. The minimum Gasteiger partial charge on any atom is -0.242 e. The van der Waals surface area contributed by atoms with Gasteiger partial charge in [0.25, 0.3) is 0 Å². The second-order valence-corrected chi connectivity index (χ2v) is 5.18. The Morgan fingerprint density at radius 2 is 1.43 bits per heavy atom. The summed E-state index contributed by atoms with van der Waals surface area (Å²) in [7, 11) is 0. The molecule has 112 valence electrons. The Hall–Kier alpha value is -2.00. The molecule has 0 radical (unpaired) electrons. The van der Waals surface area contributed by atoms with Crippen LogP contribution in [-0.2, 0) is 11.4 Å². The maximum Gasteiger partial charge on any atom is 0.0629 e. The zero-order valence-corrected chi connectivity index (χ0v) is 12.6. The Balaban J connectivity index is 1.69. The van der Waals surface area contributed by atoms with Crippen LogP contribution < -0.4 is 11.0 Å². The SMILES string of the molecule is CCCCCCc1ccc(NONc2ccccc2)cc1. The van der Waals surface area contributed by atoms with E-state index in [4.69, 9.17) is 4.94 Å². The van der Waals surface area contributed by atoms with Gasteiger partial charge in [0.05, 0.1) is 11.4 Å². The molecule has 2 rings (SSSR count). The summed E-state index contributed by atoms with van der Waals surface area (Å²) >= 11 is 0. The van der Waals surface area contributed by atoms with Crippen LogP contribution >= 0.6 is 0 Å². The predicted octanol–water partition coefficient (Wildman–Crippen LogP) is 5.18. The number of unbranched alkanes of at least 4 members (excludes halogenated alkanes) is 3. The Bertz CT molecular complexity index is 496. The maximum absolute atomic E-state index is 5.26. The third-order valence-electron chi connectivity index (χ3n) is 3.38. The molecule has 0 fully saturated rings. The molecular weight excluding hydrogens is 260 g/mol. The first-order valence-electron chi connectivity index (χ1n) is 7.70. The minimum atomic E-state index is 0.914. The highest BCUT2D eigenvalue weighted by molar-refractivity contribution is 5.44. The number of hydrogen-bond donors (Lipinski definition) is 2. The van der Waals surface area contributed by atoms with E-state index in [1.165, 1.54) is 31.2 Å². The Labute approximate surface area is 127 Å². The molecule has 0 atom stereocenters. The van der Waals surface area contributed by atoms with Gasteiger partial charge in [0.15, 0.2) is 0 Å². The van der Waals surface area contributed by atoms with E-state index in [1.54, 1.807) is 0 Å². The van der Waals surface area contributed by atoms with Crippen molar-refractivity contribution in [1.29, 1.82) is 0 Å². The van der Waals surface area contributed by atoms with Gasteiger partial charge in [-0.3, -0.25) is 0 Å². The predicted molar refractivity (Wildman–Crippen MR) is 89.1 cm³/mol. The molecule has 0 amide bonds. The molecule has 0 aromatic heterocycles. The summed E-state index contributed by atoms with van der Waals surface area (Å²) in [4.78, 5) is 5.26. The summed E-state index contributed by atoms with van der Waals surface area (Å²) in [5, 5.41) is 0. The second-order valence-electron chi connectivity index (χ2n) is 5.18. The fraction of sp³-hybridized carbons (Fsp3) is 0.333. The van der Waals surface area contributed by atoms with E-state index in [-0.39, 0.29) is 0 Å². The number of aryl methyl sites for hydroxylation is 1. The first kappa shape index (κ1) is 15.4. The van der Waals surface area contributed by atoms with E-state index in [0.717, 1.165) is 17.8 Å². The van der Waals surface area contributed by atoms with E-state index in [0.29, 0.717) is 0 Å². The molecular formula is C18H24N2O. The van der Waals surface area contributed by atoms with E-state index >= 15 is 0 Å². The molecule has 2 N–H and O–H groups in total. The third-order valence-corrected chi connectivity index (χ3v) is 3.38. The van der Waals surface area contributed by atoms with E-state index in [2.05, 4.69) is 30.0 Å². The van der Waals surface area contributed by atoms with Gasteiger partial charge in [-0.2, -0.15) is 4.94 Å². The Kier molecular flexibility index (Phi) is 6.62. The van der Waals surface area contributed by atoms with Crippen molar-refractivity contribution < 1.29 is 4.94 Å². The molecule has 0 bridgehead atoms. The molecule has 0 saturated carbocycles. The summed E-state index contributed by atoms with van der Waals surface area (Å²) in [5.74, 6) is 0. The monoisotopic (exact) mass is 284 g/mol. The Morgan fingerprint density at radius 3 is 2.10 bits per heavy atom. The molecule has 0 unspecified atom stereocenters. The molecule has 0 aliphatic carbocycles. The second kappa shape index (κ2) is 9.03. The average molecular weight is 284 g/mol. The summed E-state index contributed by atoms with van der Waals surface area (Å²) in [6.07, 6.45) is 6.37. The normalized spacial score (nSPS) is 10.3. The van der Waals surface area contributed by atoms with Crippen LogP contribution in [0.15, 0.2) is 54.6 Å². The van der Waals surface area contributed by atoms with Gasteiger partial charge in [-0.05, 0) is 42.7 Å². The molecule has 2 aromatic rings. The van der Waals surface area contributed by atoms with Crippen LogP contribution in [0.3, 0.4) is 0 Å². The first-order valence-corrected chi connectivity index (χ1v) is 7.70. The summed E-state index contributed by atoms with van der Waals surface area (Å²) < 4.78 is 0. The summed E-state index contributed by atoms with van der Waals surface area (Å²) in [6.45, 7) is 2.24. The van der Waals surface area contributed by atoms with Crippen LogP contribution in [0.1, 0.15) is 38.2 Å². The molecule has 0 heterocycles. The van der Waals surface area contributed by atoms with Crippen molar-refractivity contribution in [3.05, 3.63) is 60.2 Å². The standard InChI is InChI=1S/C18H24N2O/c1-2-3-4-6-9-16-12-14-18(15-13-16)20-21-19-17-10-7-5-8-11-17/h5,7-8,10-15,19-20H,2-4,6,9H2,1H3. The highest BCUT2D eigenvalue weighted by Gasteiger charge is 1.96. The summed E-state index contributed by atoms with van der Waals surface area (Å²) in [5.41, 5.74) is 8.97. The molecule has 0 aliphatic heterocycles. The number of nitrogens with one attached hydrogen (secondary N) is 2. The van der Waals surface area contributed by atoms with Crippen LogP contribution in [0.5, 0.6) is 0 Å².